The van der Waals surface area contributed by atoms with Gasteiger partial charge in [0.15, 0.2) is 0 Å². The van der Waals surface area contributed by atoms with Gasteiger partial charge in [-0.25, -0.2) is 4.98 Å². The number of hydrogen-bond donors (Lipinski definition) is 0. The molecule has 0 atom stereocenters. The summed E-state index contributed by atoms with van der Waals surface area (Å²) >= 11 is 1.58. The number of ether oxygens (including phenoxy) is 1. The summed E-state index contributed by atoms with van der Waals surface area (Å²) in [6.07, 6.45) is 2.56. The Balaban J connectivity index is 1.42. The molecule has 1 fully saturated rings. The van der Waals surface area contributed by atoms with Gasteiger partial charge in [-0.15, -0.1) is 11.3 Å². The number of nitrogens with zero attached hydrogens (tertiary/aromatic N) is 2. The number of carbonyl (C=O) groups is 1. The van der Waals surface area contributed by atoms with Crippen LogP contribution in [-0.4, -0.2) is 28.9 Å². The molecule has 0 unspecified atom stereocenters. The van der Waals surface area contributed by atoms with Crippen LogP contribution in [0.3, 0.4) is 0 Å². The van der Waals surface area contributed by atoms with E-state index in [9.17, 15) is 4.79 Å². The van der Waals surface area contributed by atoms with E-state index in [0.29, 0.717) is 24.9 Å². The maximum Gasteiger partial charge on any atom is 0.229 e. The maximum absolute atomic E-state index is 13.1. The van der Waals surface area contributed by atoms with Gasteiger partial charge < -0.3 is 9.64 Å². The van der Waals surface area contributed by atoms with Crippen molar-refractivity contribution in [2.24, 2.45) is 0 Å². The summed E-state index contributed by atoms with van der Waals surface area (Å²) in [7, 11) is 1.66. The molecular formula is C25H28N2O2S. The Bertz CT molecular complexity index is 989. The minimum absolute atomic E-state index is 0.164. The van der Waals surface area contributed by atoms with Crippen molar-refractivity contribution in [1.29, 1.82) is 0 Å². The number of carbonyl (C=O) groups excluding carboxylic acids is 1. The van der Waals surface area contributed by atoms with Gasteiger partial charge in [0.05, 0.1) is 19.2 Å². The van der Waals surface area contributed by atoms with Gasteiger partial charge in [-0.3, -0.25) is 4.79 Å². The third-order valence-electron chi connectivity index (χ3n) is 5.53. The highest BCUT2D eigenvalue weighted by molar-refractivity contribution is 7.13. The van der Waals surface area contributed by atoms with E-state index in [4.69, 9.17) is 9.72 Å². The lowest BCUT2D eigenvalue weighted by atomic mass is 10.0. The minimum atomic E-state index is 0.164. The van der Waals surface area contributed by atoms with Crippen molar-refractivity contribution in [3.8, 4) is 16.3 Å². The number of thiazole rings is 1. The predicted octanol–water partition coefficient (Wildman–Crippen LogP) is 5.68. The summed E-state index contributed by atoms with van der Waals surface area (Å²) in [5.74, 6) is 1.51. The van der Waals surface area contributed by atoms with E-state index in [0.717, 1.165) is 34.9 Å². The molecule has 3 aromatic rings. The normalized spacial score (nSPS) is 13.5. The predicted molar refractivity (Wildman–Crippen MR) is 122 cm³/mol. The first-order valence-corrected chi connectivity index (χ1v) is 11.4. The van der Waals surface area contributed by atoms with Crippen LogP contribution in [0.25, 0.3) is 10.6 Å². The molecule has 0 aliphatic heterocycles. The van der Waals surface area contributed by atoms with Crippen LogP contribution in [0.15, 0.2) is 53.9 Å². The molecule has 156 valence electrons. The van der Waals surface area contributed by atoms with E-state index in [-0.39, 0.29) is 5.91 Å². The lowest BCUT2D eigenvalue weighted by Gasteiger charge is -2.22. The van der Waals surface area contributed by atoms with Crippen molar-refractivity contribution in [2.45, 2.75) is 51.6 Å². The molecule has 2 aromatic carbocycles. The first-order valence-electron chi connectivity index (χ1n) is 10.5. The molecule has 1 aliphatic carbocycles. The lowest BCUT2D eigenvalue weighted by molar-refractivity contribution is -0.131. The van der Waals surface area contributed by atoms with Crippen LogP contribution < -0.4 is 4.74 Å². The molecule has 1 saturated carbocycles. The SMILES string of the molecule is COc1ccc(-c2nc(CC(=O)N(Cc3ccc(C(C)C)cc3)C3CC3)cs2)cc1. The average Bonchev–Trinajstić information content (AvgIpc) is 3.50. The molecule has 0 saturated heterocycles. The van der Waals surface area contributed by atoms with E-state index in [2.05, 4.69) is 38.1 Å². The topological polar surface area (TPSA) is 42.4 Å². The van der Waals surface area contributed by atoms with Crippen LogP contribution in [0.2, 0.25) is 0 Å². The average molecular weight is 421 g/mol. The zero-order valence-electron chi connectivity index (χ0n) is 17.8. The van der Waals surface area contributed by atoms with Crippen LogP contribution in [0, 0.1) is 0 Å². The Kier molecular flexibility index (Phi) is 6.18. The van der Waals surface area contributed by atoms with E-state index in [1.165, 1.54) is 11.1 Å². The van der Waals surface area contributed by atoms with Crippen LogP contribution in [0.1, 0.15) is 49.4 Å². The van der Waals surface area contributed by atoms with Crippen molar-refractivity contribution in [1.82, 2.24) is 9.88 Å². The molecule has 1 aromatic heterocycles. The van der Waals surface area contributed by atoms with Crippen molar-refractivity contribution in [3.05, 3.63) is 70.7 Å². The second kappa shape index (κ2) is 9.00. The molecule has 0 spiro atoms. The number of aromatic nitrogens is 1. The summed E-state index contributed by atoms with van der Waals surface area (Å²) < 4.78 is 5.22. The van der Waals surface area contributed by atoms with Gasteiger partial charge in [0.25, 0.3) is 0 Å². The Labute approximate surface area is 182 Å². The summed E-state index contributed by atoms with van der Waals surface area (Å²) in [5, 5.41) is 2.93. The third kappa shape index (κ3) is 4.90. The highest BCUT2D eigenvalue weighted by Crippen LogP contribution is 2.30. The smallest absolute Gasteiger partial charge is 0.229 e. The van der Waals surface area contributed by atoms with Crippen LogP contribution in [-0.2, 0) is 17.8 Å². The fraction of sp³-hybridized carbons (Fsp3) is 0.360. The fourth-order valence-electron chi connectivity index (χ4n) is 3.52. The van der Waals surface area contributed by atoms with Gasteiger partial charge in [-0.1, -0.05) is 38.1 Å². The number of amides is 1. The third-order valence-corrected chi connectivity index (χ3v) is 6.47. The zero-order valence-corrected chi connectivity index (χ0v) is 18.6. The van der Waals surface area contributed by atoms with Crippen molar-refractivity contribution in [2.75, 3.05) is 7.11 Å². The number of hydrogen-bond acceptors (Lipinski definition) is 4. The molecule has 0 bridgehead atoms. The second-order valence-corrected chi connectivity index (χ2v) is 9.06. The van der Waals surface area contributed by atoms with E-state index in [1.54, 1.807) is 18.4 Å². The van der Waals surface area contributed by atoms with Gasteiger partial charge in [-0.2, -0.15) is 0 Å². The highest BCUT2D eigenvalue weighted by Gasteiger charge is 2.32. The molecule has 1 amide bonds. The van der Waals surface area contributed by atoms with Gasteiger partial charge >= 0.3 is 0 Å². The summed E-state index contributed by atoms with van der Waals surface area (Å²) in [5.41, 5.74) is 4.41. The maximum atomic E-state index is 13.1. The van der Waals surface area contributed by atoms with Crippen molar-refractivity contribution in [3.63, 3.8) is 0 Å². The summed E-state index contributed by atoms with van der Waals surface area (Å²) in [4.78, 5) is 19.8. The Hall–Kier alpha value is -2.66. The van der Waals surface area contributed by atoms with E-state index in [1.807, 2.05) is 34.5 Å². The number of methoxy groups -OCH3 is 1. The quantitative estimate of drug-likeness (QED) is 0.471. The van der Waals surface area contributed by atoms with Crippen molar-refractivity contribution < 1.29 is 9.53 Å². The first kappa shape index (κ1) is 20.6. The Morgan fingerprint density at radius 1 is 1.13 bits per heavy atom. The molecular weight excluding hydrogens is 392 g/mol. The van der Waals surface area contributed by atoms with Gasteiger partial charge in [-0.05, 0) is 54.2 Å². The molecule has 1 aliphatic rings. The minimum Gasteiger partial charge on any atom is -0.497 e. The second-order valence-electron chi connectivity index (χ2n) is 8.20. The standard InChI is InChI=1S/C25H28N2O2S/c1-17(2)19-6-4-18(5-7-19)15-27(22-10-11-22)24(28)14-21-16-30-25(26-21)20-8-12-23(29-3)13-9-20/h4-9,12-13,16-17,22H,10-11,14-15H2,1-3H3. The number of benzene rings is 2. The van der Waals surface area contributed by atoms with Gasteiger partial charge in [0.1, 0.15) is 10.8 Å². The zero-order chi connectivity index (χ0) is 21.1. The van der Waals surface area contributed by atoms with Crippen LogP contribution in [0.4, 0.5) is 0 Å². The summed E-state index contributed by atoms with van der Waals surface area (Å²) in [6.45, 7) is 5.07. The van der Waals surface area contributed by atoms with Crippen LogP contribution >= 0.6 is 11.3 Å². The fourth-order valence-corrected chi connectivity index (χ4v) is 4.35. The molecule has 4 rings (SSSR count). The lowest BCUT2D eigenvalue weighted by Crippen LogP contribution is -2.33. The molecule has 1 heterocycles. The molecule has 5 heteroatoms. The highest BCUT2D eigenvalue weighted by atomic mass is 32.1. The van der Waals surface area contributed by atoms with Gasteiger partial charge in [0, 0.05) is 23.5 Å². The molecule has 4 nitrogen and oxygen atoms in total. The number of rotatable bonds is 8. The Morgan fingerprint density at radius 2 is 1.83 bits per heavy atom. The monoisotopic (exact) mass is 420 g/mol. The molecule has 0 radical (unpaired) electrons. The largest absolute Gasteiger partial charge is 0.497 e. The van der Waals surface area contributed by atoms with E-state index < -0.39 is 0 Å². The Morgan fingerprint density at radius 3 is 2.43 bits per heavy atom. The van der Waals surface area contributed by atoms with E-state index >= 15 is 0 Å². The first-order chi connectivity index (χ1) is 14.5. The van der Waals surface area contributed by atoms with Gasteiger partial charge in [0.2, 0.25) is 5.91 Å². The summed E-state index contributed by atoms with van der Waals surface area (Å²) in [6, 6.07) is 16.9. The van der Waals surface area contributed by atoms with Crippen molar-refractivity contribution >= 4 is 17.2 Å². The molecule has 0 N–H and O–H groups in total. The molecule has 30 heavy (non-hydrogen) atoms. The van der Waals surface area contributed by atoms with Crippen LogP contribution in [0.5, 0.6) is 5.75 Å².